The third-order valence-corrected chi connectivity index (χ3v) is 8.94. The normalized spacial score (nSPS) is 11.4. The molecule has 15 heteroatoms. The van der Waals surface area contributed by atoms with Gasteiger partial charge in [-0.2, -0.15) is 10.1 Å². The first-order valence-electron chi connectivity index (χ1n) is 15.7. The number of ether oxygens (including phenoxy) is 2. The second-order valence-corrected chi connectivity index (χ2v) is 13.3. The number of hydrogen-bond donors (Lipinski definition) is 3. The van der Waals surface area contributed by atoms with Crippen LogP contribution in [0.15, 0.2) is 102 Å². The number of halogens is 1. The number of aryl methyl sites for hydroxylation is 1. The zero-order chi connectivity index (χ0) is 36.1. The van der Waals surface area contributed by atoms with E-state index in [1.54, 1.807) is 66.3 Å². The molecule has 2 heterocycles. The molecule has 0 atom stereocenters. The summed E-state index contributed by atoms with van der Waals surface area (Å²) in [7, 11) is -2.63. The largest absolute Gasteiger partial charge is 0.496 e. The van der Waals surface area contributed by atoms with Gasteiger partial charge in [-0.1, -0.05) is 24.3 Å². The van der Waals surface area contributed by atoms with Crippen molar-refractivity contribution in [1.82, 2.24) is 24.6 Å². The predicted octanol–water partition coefficient (Wildman–Crippen LogP) is 6.66. The second-order valence-electron chi connectivity index (χ2n) is 11.7. The van der Waals surface area contributed by atoms with Crippen LogP contribution in [0.25, 0.3) is 10.9 Å². The molecule has 0 aliphatic heterocycles. The molecule has 6 rings (SSSR count). The molecule has 0 unspecified atom stereocenters. The van der Waals surface area contributed by atoms with E-state index in [1.165, 1.54) is 25.3 Å². The number of nitrogens with zero attached hydrogens (tertiary/aromatic N) is 4. The minimum absolute atomic E-state index is 0.000677. The molecule has 51 heavy (non-hydrogen) atoms. The van der Waals surface area contributed by atoms with Gasteiger partial charge in [0.05, 0.1) is 48.1 Å². The van der Waals surface area contributed by atoms with Gasteiger partial charge in [0.25, 0.3) is 10.0 Å². The Kier molecular flexibility index (Phi) is 10.1. The molecule has 2 aromatic heterocycles. The summed E-state index contributed by atoms with van der Waals surface area (Å²) >= 11 is 0. The summed E-state index contributed by atoms with van der Waals surface area (Å²) in [5, 5.41) is 11.5. The fourth-order valence-corrected chi connectivity index (χ4v) is 6.19. The van der Waals surface area contributed by atoms with Crippen LogP contribution in [-0.2, 0) is 21.4 Å². The fourth-order valence-electron chi connectivity index (χ4n) is 5.16. The number of nitrogens with one attached hydrogen (secondary N) is 3. The van der Waals surface area contributed by atoms with E-state index in [-0.39, 0.29) is 34.9 Å². The highest BCUT2D eigenvalue weighted by Crippen LogP contribution is 2.27. The van der Waals surface area contributed by atoms with E-state index in [0.717, 1.165) is 17.1 Å². The number of aromatic nitrogens is 4. The third-order valence-electron chi connectivity index (χ3n) is 7.60. The van der Waals surface area contributed by atoms with Crippen molar-refractivity contribution in [2.24, 2.45) is 0 Å². The number of sulfonamides is 1. The zero-order valence-electron chi connectivity index (χ0n) is 28.0. The maximum atomic E-state index is 14.7. The Morgan fingerprint density at radius 2 is 1.71 bits per heavy atom. The highest BCUT2D eigenvalue weighted by Gasteiger charge is 2.20. The van der Waals surface area contributed by atoms with Gasteiger partial charge in [0, 0.05) is 22.3 Å². The lowest BCUT2D eigenvalue weighted by atomic mass is 10.1. The van der Waals surface area contributed by atoms with Crippen LogP contribution in [0.2, 0.25) is 0 Å². The second kappa shape index (κ2) is 14.8. The van der Waals surface area contributed by atoms with Crippen molar-refractivity contribution in [2.45, 2.75) is 38.3 Å². The van der Waals surface area contributed by atoms with E-state index in [1.807, 2.05) is 36.9 Å². The Labute approximate surface area is 293 Å². The Balaban J connectivity index is 1.15. The van der Waals surface area contributed by atoms with Gasteiger partial charge < -0.3 is 24.9 Å². The van der Waals surface area contributed by atoms with E-state index >= 15 is 0 Å². The monoisotopic (exact) mass is 711 g/mol. The lowest BCUT2D eigenvalue weighted by molar-refractivity contribution is 0.0407. The van der Waals surface area contributed by atoms with Gasteiger partial charge in [0.15, 0.2) is 11.6 Å². The van der Waals surface area contributed by atoms with Crippen molar-refractivity contribution < 1.29 is 31.9 Å². The van der Waals surface area contributed by atoms with E-state index in [2.05, 4.69) is 25.7 Å². The summed E-state index contributed by atoms with van der Waals surface area (Å²) in [5.41, 5.74) is 3.30. The summed E-state index contributed by atoms with van der Waals surface area (Å²) in [6, 6.07) is 23.7. The highest BCUT2D eigenvalue weighted by atomic mass is 32.2. The fraction of sp³-hybridized carbons (Fsp3) is 0.167. The quantitative estimate of drug-likeness (QED) is 0.110. The average Bonchev–Trinajstić information content (AvgIpc) is 3.51. The van der Waals surface area contributed by atoms with Crippen molar-refractivity contribution in [3.05, 3.63) is 120 Å². The van der Waals surface area contributed by atoms with E-state index < -0.39 is 21.8 Å². The molecule has 0 aliphatic carbocycles. The number of carbonyl (C=O) groups is 1. The molecule has 0 saturated carbocycles. The topological polar surface area (TPSA) is 159 Å². The standard InChI is InChI=1S/C36H34FN7O6S/c1-22(2)49-29-15-13-27(14-16-29)40-34-30(37)20-38-36(42-34)41-28-12-11-25-19-39-44(31(25)18-28)21-26-10-9-24(17-32(26)48-4)35(45)50-43-51(46,47)33-8-6-5-7-23(33)3/h5-20,22,43H,21H2,1-4H3,(H2,38,40,41,42). The van der Waals surface area contributed by atoms with E-state index in [0.29, 0.717) is 34.0 Å². The van der Waals surface area contributed by atoms with Crippen LogP contribution in [0, 0.1) is 12.7 Å². The third kappa shape index (κ3) is 8.22. The van der Waals surface area contributed by atoms with Crippen LogP contribution in [0.5, 0.6) is 11.5 Å². The highest BCUT2D eigenvalue weighted by molar-refractivity contribution is 7.89. The summed E-state index contributed by atoms with van der Waals surface area (Å²) < 4.78 is 52.9. The van der Waals surface area contributed by atoms with E-state index in [9.17, 15) is 17.6 Å². The van der Waals surface area contributed by atoms with Crippen LogP contribution >= 0.6 is 0 Å². The predicted molar refractivity (Wildman–Crippen MR) is 190 cm³/mol. The van der Waals surface area contributed by atoms with Gasteiger partial charge in [0.2, 0.25) is 5.95 Å². The van der Waals surface area contributed by atoms with Crippen molar-refractivity contribution in [3.63, 3.8) is 0 Å². The molecular formula is C36H34FN7O6S. The number of rotatable bonds is 13. The molecule has 6 aromatic rings. The average molecular weight is 712 g/mol. The SMILES string of the molecule is COc1cc(C(=O)ONS(=O)(=O)c2ccccc2C)ccc1Cn1ncc2ccc(Nc3ncc(F)c(Nc4ccc(OC(C)C)cc4)n3)cc21. The van der Waals surface area contributed by atoms with Crippen molar-refractivity contribution in [1.29, 1.82) is 0 Å². The zero-order valence-corrected chi connectivity index (χ0v) is 28.9. The van der Waals surface area contributed by atoms with Gasteiger partial charge in [-0.25, -0.2) is 22.6 Å². The first-order chi connectivity index (χ1) is 24.5. The molecule has 3 N–H and O–H groups in total. The molecule has 0 spiro atoms. The molecule has 0 bridgehead atoms. The summed E-state index contributed by atoms with van der Waals surface area (Å²) in [5.74, 6) is -0.283. The minimum Gasteiger partial charge on any atom is -0.496 e. The van der Waals surface area contributed by atoms with Gasteiger partial charge >= 0.3 is 5.97 Å². The number of benzene rings is 4. The minimum atomic E-state index is -4.09. The van der Waals surface area contributed by atoms with Crippen molar-refractivity contribution >= 4 is 50.0 Å². The molecule has 0 fully saturated rings. The lowest BCUT2D eigenvalue weighted by Gasteiger charge is -2.13. The van der Waals surface area contributed by atoms with Crippen LogP contribution in [0.3, 0.4) is 0 Å². The van der Waals surface area contributed by atoms with Crippen LogP contribution < -0.4 is 25.0 Å². The maximum Gasteiger partial charge on any atom is 0.357 e. The molecule has 13 nitrogen and oxygen atoms in total. The van der Waals surface area contributed by atoms with Crippen LogP contribution in [-0.4, -0.2) is 47.3 Å². The summed E-state index contributed by atoms with van der Waals surface area (Å²) in [6.07, 6.45) is 2.83. The van der Waals surface area contributed by atoms with Gasteiger partial charge in [-0.05, 0) is 91.9 Å². The molecule has 0 radical (unpaired) electrons. The lowest BCUT2D eigenvalue weighted by Crippen LogP contribution is -2.28. The number of carbonyl (C=O) groups excluding carboxylic acids is 1. The van der Waals surface area contributed by atoms with Crippen molar-refractivity contribution in [3.8, 4) is 11.5 Å². The van der Waals surface area contributed by atoms with Gasteiger partial charge in [0.1, 0.15) is 11.5 Å². The number of anilines is 4. The Bertz CT molecular complexity index is 2310. The summed E-state index contributed by atoms with van der Waals surface area (Å²) in [6.45, 7) is 5.78. The Hall–Kier alpha value is -6.06. The first kappa shape index (κ1) is 34.8. The van der Waals surface area contributed by atoms with Gasteiger partial charge in [-0.3, -0.25) is 4.68 Å². The molecule has 0 amide bonds. The van der Waals surface area contributed by atoms with Crippen LogP contribution in [0.1, 0.15) is 35.3 Å². The van der Waals surface area contributed by atoms with Gasteiger partial charge in [-0.15, -0.1) is 0 Å². The summed E-state index contributed by atoms with van der Waals surface area (Å²) in [4.78, 5) is 28.0. The Morgan fingerprint density at radius 3 is 2.45 bits per heavy atom. The molecular weight excluding hydrogens is 678 g/mol. The molecule has 262 valence electrons. The molecule has 4 aromatic carbocycles. The van der Waals surface area contributed by atoms with Crippen LogP contribution in [0.4, 0.5) is 27.5 Å². The van der Waals surface area contributed by atoms with E-state index in [4.69, 9.17) is 14.3 Å². The first-order valence-corrected chi connectivity index (χ1v) is 17.2. The number of fused-ring (bicyclic) bond motifs is 1. The van der Waals surface area contributed by atoms with Crippen molar-refractivity contribution in [2.75, 3.05) is 17.7 Å². The molecule has 0 saturated heterocycles. The Morgan fingerprint density at radius 1 is 0.941 bits per heavy atom. The number of methoxy groups -OCH3 is 1. The number of hydrogen-bond acceptors (Lipinski definition) is 11. The smallest absolute Gasteiger partial charge is 0.357 e. The molecule has 0 aliphatic rings. The maximum absolute atomic E-state index is 14.7.